The first-order chi connectivity index (χ1) is 9.37. The van der Waals surface area contributed by atoms with Crippen molar-refractivity contribution in [2.45, 2.75) is 12.9 Å². The Morgan fingerprint density at radius 3 is 2.65 bits per heavy atom. The van der Waals surface area contributed by atoms with Crippen LogP contribution in [0, 0.1) is 0 Å². The molecule has 0 radical (unpaired) electrons. The van der Waals surface area contributed by atoms with E-state index in [4.69, 9.17) is 10.2 Å². The maximum atomic E-state index is 12.1. The van der Waals surface area contributed by atoms with Crippen LogP contribution in [0.5, 0.6) is 5.75 Å². The summed E-state index contributed by atoms with van der Waals surface area (Å²) in [6.45, 7) is 0.0940. The maximum absolute atomic E-state index is 12.1. The number of hydrogen-bond acceptors (Lipinski definition) is 6. The molecule has 0 spiro atoms. The van der Waals surface area contributed by atoms with Crippen LogP contribution in [-0.4, -0.2) is 16.6 Å². The topological polar surface area (TPSA) is 86.2 Å². The van der Waals surface area contributed by atoms with Gasteiger partial charge in [-0.2, -0.15) is 0 Å². The van der Waals surface area contributed by atoms with Crippen molar-refractivity contribution in [2.24, 2.45) is 5.73 Å². The Bertz CT molecular complexity index is 602. The van der Waals surface area contributed by atoms with E-state index < -0.39 is 6.36 Å². The monoisotopic (exact) mass is 352 g/mol. The number of nitrogens with one attached hydrogen (secondary N) is 1. The van der Waals surface area contributed by atoms with Gasteiger partial charge in [-0.1, -0.05) is 5.10 Å². The number of aromatic nitrogens is 2. The average molecular weight is 353 g/mol. The lowest BCUT2D eigenvalue weighted by atomic mass is 10.3. The van der Waals surface area contributed by atoms with Crippen LogP contribution >= 0.6 is 15.9 Å². The van der Waals surface area contributed by atoms with E-state index in [0.29, 0.717) is 5.69 Å². The summed E-state index contributed by atoms with van der Waals surface area (Å²) in [5.41, 5.74) is 5.75. The summed E-state index contributed by atoms with van der Waals surface area (Å²) in [5, 5.41) is 10.0. The molecule has 20 heavy (non-hydrogen) atoms. The summed E-state index contributed by atoms with van der Waals surface area (Å²) < 4.78 is 45.4. The van der Waals surface area contributed by atoms with Crippen LogP contribution in [0.2, 0.25) is 0 Å². The van der Waals surface area contributed by atoms with E-state index in [2.05, 4.69) is 36.2 Å². The largest absolute Gasteiger partial charge is 0.573 e. The van der Waals surface area contributed by atoms with Crippen LogP contribution in [0.1, 0.15) is 5.89 Å². The molecule has 0 fully saturated rings. The van der Waals surface area contributed by atoms with Gasteiger partial charge in [-0.25, -0.2) is 0 Å². The molecule has 6 nitrogen and oxygen atoms in total. The number of halogens is 4. The van der Waals surface area contributed by atoms with Crippen molar-refractivity contribution in [3.63, 3.8) is 0 Å². The van der Waals surface area contributed by atoms with Gasteiger partial charge in [-0.05, 0) is 34.1 Å². The quantitative estimate of drug-likeness (QED) is 0.879. The number of ether oxygens (including phenoxy) is 1. The highest BCUT2D eigenvalue weighted by Crippen LogP contribution is 2.33. The van der Waals surface area contributed by atoms with E-state index in [0.717, 1.165) is 6.07 Å². The van der Waals surface area contributed by atoms with E-state index in [1.54, 1.807) is 0 Å². The van der Waals surface area contributed by atoms with Crippen LogP contribution in [0.25, 0.3) is 0 Å². The molecule has 1 aromatic carbocycles. The van der Waals surface area contributed by atoms with Crippen molar-refractivity contribution in [2.75, 3.05) is 5.32 Å². The third-order valence-electron chi connectivity index (χ3n) is 2.05. The van der Waals surface area contributed by atoms with Gasteiger partial charge < -0.3 is 20.2 Å². The third kappa shape index (κ3) is 3.84. The normalized spacial score (nSPS) is 11.4. The minimum Gasteiger partial charge on any atom is -0.406 e. The van der Waals surface area contributed by atoms with Crippen molar-refractivity contribution in [3.8, 4) is 5.75 Å². The highest BCUT2D eigenvalue weighted by atomic mass is 79.9. The molecule has 0 bridgehead atoms. The minimum absolute atomic E-state index is 0.0850. The van der Waals surface area contributed by atoms with E-state index in [-0.39, 0.29) is 28.7 Å². The van der Waals surface area contributed by atoms with E-state index in [1.165, 1.54) is 12.1 Å². The highest BCUT2D eigenvalue weighted by Gasteiger charge is 2.31. The molecular weight excluding hydrogens is 345 g/mol. The summed E-state index contributed by atoms with van der Waals surface area (Å²) in [5.74, 6) is -0.111. The molecule has 0 aliphatic heterocycles. The number of nitrogens with zero attached hydrogens (tertiary/aromatic N) is 2. The number of hydrogen-bond donors (Lipinski definition) is 2. The molecule has 2 rings (SSSR count). The Labute approximate surface area is 119 Å². The predicted octanol–water partition coefficient (Wildman–Crippen LogP) is 2.93. The van der Waals surface area contributed by atoms with E-state index in [9.17, 15) is 13.2 Å². The smallest absolute Gasteiger partial charge is 0.406 e. The van der Waals surface area contributed by atoms with Gasteiger partial charge in [0.2, 0.25) is 5.89 Å². The van der Waals surface area contributed by atoms with Crippen molar-refractivity contribution in [1.29, 1.82) is 0 Å². The first kappa shape index (κ1) is 14.6. The van der Waals surface area contributed by atoms with Gasteiger partial charge >= 0.3 is 12.4 Å². The molecule has 10 heteroatoms. The zero-order chi connectivity index (χ0) is 14.8. The van der Waals surface area contributed by atoms with Crippen LogP contribution in [0.3, 0.4) is 0 Å². The molecule has 0 aliphatic rings. The summed E-state index contributed by atoms with van der Waals surface area (Å²) in [6, 6.07) is 3.99. The lowest BCUT2D eigenvalue weighted by Gasteiger charge is -2.11. The first-order valence-corrected chi connectivity index (χ1v) is 6.01. The molecule has 0 atom stereocenters. The van der Waals surface area contributed by atoms with Gasteiger partial charge in [0.05, 0.1) is 11.0 Å². The second-order valence-corrected chi connectivity index (χ2v) is 4.38. The summed E-state index contributed by atoms with van der Waals surface area (Å²) in [4.78, 5) is 0. The molecule has 0 saturated carbocycles. The number of alkyl halides is 3. The average Bonchev–Trinajstić information content (AvgIpc) is 2.79. The Morgan fingerprint density at radius 2 is 2.10 bits per heavy atom. The Hall–Kier alpha value is -1.81. The highest BCUT2D eigenvalue weighted by molar-refractivity contribution is 9.10. The molecule has 1 heterocycles. The second-order valence-electron chi connectivity index (χ2n) is 3.52. The van der Waals surface area contributed by atoms with Gasteiger partial charge in [0.1, 0.15) is 5.75 Å². The van der Waals surface area contributed by atoms with Crippen LogP contribution < -0.4 is 15.8 Å². The van der Waals surface area contributed by atoms with Gasteiger partial charge in [0.25, 0.3) is 0 Å². The third-order valence-corrected chi connectivity index (χ3v) is 2.67. The lowest BCUT2D eigenvalue weighted by Crippen LogP contribution is -2.17. The Balaban J connectivity index is 2.12. The molecule has 2 aromatic rings. The van der Waals surface area contributed by atoms with E-state index >= 15 is 0 Å². The Morgan fingerprint density at radius 1 is 1.35 bits per heavy atom. The van der Waals surface area contributed by atoms with Crippen molar-refractivity contribution in [1.82, 2.24) is 10.2 Å². The second kappa shape index (κ2) is 5.67. The fraction of sp³-hybridized carbons (Fsp3) is 0.200. The standard InChI is InChI=1S/C10H8BrF3N4O2/c11-6-3-5(1-2-7(6)20-10(12,13)14)16-9-18-17-8(4-15)19-9/h1-3H,4,15H2,(H,16,18). The molecule has 3 N–H and O–H groups in total. The molecular formula is C10H8BrF3N4O2. The van der Waals surface area contributed by atoms with Gasteiger partial charge in [-0.15, -0.1) is 18.3 Å². The number of nitrogens with two attached hydrogens (primary N) is 1. The summed E-state index contributed by atoms with van der Waals surface area (Å²) >= 11 is 2.98. The summed E-state index contributed by atoms with van der Waals surface area (Å²) in [7, 11) is 0. The predicted molar refractivity (Wildman–Crippen MR) is 66.3 cm³/mol. The fourth-order valence-electron chi connectivity index (χ4n) is 1.30. The fourth-order valence-corrected chi connectivity index (χ4v) is 1.76. The van der Waals surface area contributed by atoms with Crippen LogP contribution in [-0.2, 0) is 6.54 Å². The number of benzene rings is 1. The molecule has 1 aromatic heterocycles. The maximum Gasteiger partial charge on any atom is 0.573 e. The van der Waals surface area contributed by atoms with Crippen LogP contribution in [0.15, 0.2) is 27.1 Å². The molecule has 0 amide bonds. The number of anilines is 2. The molecule has 108 valence electrons. The molecule has 0 aliphatic carbocycles. The number of rotatable bonds is 4. The zero-order valence-electron chi connectivity index (χ0n) is 9.74. The molecule has 0 unspecified atom stereocenters. The van der Waals surface area contributed by atoms with Gasteiger partial charge in [0.15, 0.2) is 0 Å². The van der Waals surface area contributed by atoms with Gasteiger partial charge in [0, 0.05) is 5.69 Å². The van der Waals surface area contributed by atoms with Crippen molar-refractivity contribution in [3.05, 3.63) is 28.6 Å². The zero-order valence-corrected chi connectivity index (χ0v) is 11.3. The summed E-state index contributed by atoms with van der Waals surface area (Å²) in [6.07, 6.45) is -4.75. The van der Waals surface area contributed by atoms with Crippen LogP contribution in [0.4, 0.5) is 24.9 Å². The van der Waals surface area contributed by atoms with Gasteiger partial charge in [-0.3, -0.25) is 0 Å². The first-order valence-electron chi connectivity index (χ1n) is 5.22. The minimum atomic E-state index is -4.75. The van der Waals surface area contributed by atoms with E-state index in [1.807, 2.05) is 0 Å². The van der Waals surface area contributed by atoms with Crippen molar-refractivity contribution < 1.29 is 22.3 Å². The lowest BCUT2D eigenvalue weighted by molar-refractivity contribution is -0.274. The molecule has 0 saturated heterocycles. The van der Waals surface area contributed by atoms with Crippen molar-refractivity contribution >= 4 is 27.6 Å². The Kier molecular flexibility index (Phi) is 4.14. The SMILES string of the molecule is NCc1nnc(Nc2ccc(OC(F)(F)F)c(Br)c2)o1.